The Kier molecular flexibility index (Phi) is 3.14. The molecule has 92 valence electrons. The van der Waals surface area contributed by atoms with Gasteiger partial charge in [0.1, 0.15) is 5.82 Å². The van der Waals surface area contributed by atoms with Crippen LogP contribution in [0.4, 0.5) is 11.5 Å². The van der Waals surface area contributed by atoms with Crippen LogP contribution in [0.5, 0.6) is 0 Å². The first-order valence-corrected chi connectivity index (χ1v) is 5.38. The zero-order valence-corrected chi connectivity index (χ0v) is 9.51. The monoisotopic (exact) mass is 237 g/mol. The van der Waals surface area contributed by atoms with Crippen molar-refractivity contribution in [3.63, 3.8) is 0 Å². The molecule has 17 heavy (non-hydrogen) atoms. The predicted octanol–water partition coefficient (Wildman–Crippen LogP) is 0.951. The molecule has 0 spiro atoms. The fourth-order valence-corrected chi connectivity index (χ4v) is 1.82. The summed E-state index contributed by atoms with van der Waals surface area (Å²) >= 11 is 0. The number of aromatic carboxylic acids is 1. The van der Waals surface area contributed by atoms with Gasteiger partial charge in [-0.05, 0) is 18.9 Å². The van der Waals surface area contributed by atoms with E-state index in [1.165, 1.54) is 12.3 Å². The van der Waals surface area contributed by atoms with Crippen LogP contribution in [0.2, 0.25) is 0 Å². The van der Waals surface area contributed by atoms with Gasteiger partial charge in [-0.25, -0.2) is 9.78 Å². The zero-order chi connectivity index (χ0) is 12.4. The average Bonchev–Trinajstić information content (AvgIpc) is 2.24. The smallest absolute Gasteiger partial charge is 0.337 e. The lowest BCUT2D eigenvalue weighted by molar-refractivity contribution is 0.0328. The van der Waals surface area contributed by atoms with Crippen molar-refractivity contribution in [1.82, 2.24) is 4.98 Å². The van der Waals surface area contributed by atoms with Gasteiger partial charge in [0, 0.05) is 13.2 Å². The molecule has 0 bridgehead atoms. The SMILES string of the molecule is COC1CC(Nc2cc(C(=O)O)c(N)cn2)C1. The van der Waals surface area contributed by atoms with Crippen molar-refractivity contribution in [1.29, 1.82) is 0 Å². The van der Waals surface area contributed by atoms with Crippen molar-refractivity contribution in [2.45, 2.75) is 25.0 Å². The molecule has 0 amide bonds. The van der Waals surface area contributed by atoms with Gasteiger partial charge < -0.3 is 20.9 Å². The highest BCUT2D eigenvalue weighted by atomic mass is 16.5. The molecule has 1 saturated carbocycles. The number of rotatable bonds is 4. The second-order valence-electron chi connectivity index (χ2n) is 4.13. The number of ether oxygens (including phenoxy) is 1. The predicted molar refractivity (Wildman–Crippen MR) is 63.1 cm³/mol. The molecule has 0 radical (unpaired) electrons. The van der Waals surface area contributed by atoms with E-state index in [1.807, 2.05) is 0 Å². The number of nitrogens with zero attached hydrogens (tertiary/aromatic N) is 1. The molecule has 0 saturated heterocycles. The molecular formula is C11H15N3O3. The van der Waals surface area contributed by atoms with Crippen LogP contribution in [0.1, 0.15) is 23.2 Å². The molecule has 4 N–H and O–H groups in total. The van der Waals surface area contributed by atoms with E-state index in [-0.39, 0.29) is 17.3 Å². The van der Waals surface area contributed by atoms with Crippen LogP contribution in [-0.4, -0.2) is 35.3 Å². The first kappa shape index (κ1) is 11.7. The average molecular weight is 237 g/mol. The maximum Gasteiger partial charge on any atom is 0.337 e. The number of aromatic nitrogens is 1. The topological polar surface area (TPSA) is 97.5 Å². The van der Waals surface area contributed by atoms with E-state index in [0.717, 1.165) is 12.8 Å². The Morgan fingerprint density at radius 2 is 2.35 bits per heavy atom. The van der Waals surface area contributed by atoms with Gasteiger partial charge >= 0.3 is 5.97 Å². The summed E-state index contributed by atoms with van der Waals surface area (Å²) in [4.78, 5) is 14.9. The van der Waals surface area contributed by atoms with E-state index in [0.29, 0.717) is 11.9 Å². The lowest BCUT2D eigenvalue weighted by Crippen LogP contribution is -2.40. The Hall–Kier alpha value is -1.82. The van der Waals surface area contributed by atoms with E-state index in [9.17, 15) is 4.79 Å². The molecule has 2 rings (SSSR count). The number of pyridine rings is 1. The van der Waals surface area contributed by atoms with Crippen molar-refractivity contribution in [2.24, 2.45) is 0 Å². The standard InChI is InChI=1S/C11H15N3O3/c1-17-7-2-6(3-7)14-10-4-8(11(15)16)9(12)5-13-10/h4-7H,2-3,12H2,1H3,(H,13,14)(H,15,16). The highest BCUT2D eigenvalue weighted by Gasteiger charge is 2.29. The van der Waals surface area contributed by atoms with Crippen LogP contribution < -0.4 is 11.1 Å². The van der Waals surface area contributed by atoms with Crippen LogP contribution in [0.3, 0.4) is 0 Å². The summed E-state index contributed by atoms with van der Waals surface area (Å²) in [6.07, 6.45) is 3.47. The Morgan fingerprint density at radius 3 is 2.94 bits per heavy atom. The van der Waals surface area contributed by atoms with Gasteiger partial charge in [0.2, 0.25) is 0 Å². The van der Waals surface area contributed by atoms with Gasteiger partial charge in [-0.2, -0.15) is 0 Å². The van der Waals surface area contributed by atoms with Gasteiger partial charge in [-0.1, -0.05) is 0 Å². The van der Waals surface area contributed by atoms with Crippen LogP contribution in [0.25, 0.3) is 0 Å². The van der Waals surface area contributed by atoms with Crippen molar-refractivity contribution in [3.05, 3.63) is 17.8 Å². The van der Waals surface area contributed by atoms with Crippen LogP contribution in [0.15, 0.2) is 12.3 Å². The van der Waals surface area contributed by atoms with Crippen molar-refractivity contribution < 1.29 is 14.6 Å². The Morgan fingerprint density at radius 1 is 1.65 bits per heavy atom. The highest BCUT2D eigenvalue weighted by molar-refractivity contribution is 5.94. The van der Waals surface area contributed by atoms with E-state index in [1.54, 1.807) is 7.11 Å². The number of nitrogen functional groups attached to an aromatic ring is 1. The van der Waals surface area contributed by atoms with Gasteiger partial charge in [0.05, 0.1) is 23.6 Å². The molecule has 0 aromatic carbocycles. The molecule has 1 fully saturated rings. The van der Waals surface area contributed by atoms with Gasteiger partial charge in [0.15, 0.2) is 0 Å². The minimum atomic E-state index is -1.05. The van der Waals surface area contributed by atoms with Gasteiger partial charge in [0.25, 0.3) is 0 Å². The summed E-state index contributed by atoms with van der Waals surface area (Å²) in [7, 11) is 1.69. The quantitative estimate of drug-likeness (QED) is 0.721. The minimum absolute atomic E-state index is 0.0742. The fraction of sp³-hybridized carbons (Fsp3) is 0.455. The van der Waals surface area contributed by atoms with Crippen LogP contribution in [0, 0.1) is 0 Å². The second kappa shape index (κ2) is 4.58. The molecular weight excluding hydrogens is 222 g/mol. The Bertz CT molecular complexity index is 430. The third kappa shape index (κ3) is 2.47. The molecule has 1 aliphatic carbocycles. The summed E-state index contributed by atoms with van der Waals surface area (Å²) in [5.41, 5.74) is 5.77. The van der Waals surface area contributed by atoms with E-state index in [4.69, 9.17) is 15.6 Å². The summed E-state index contributed by atoms with van der Waals surface area (Å²) in [5.74, 6) is -0.507. The van der Waals surface area contributed by atoms with Crippen LogP contribution in [-0.2, 0) is 4.74 Å². The first-order valence-electron chi connectivity index (χ1n) is 5.38. The van der Waals surface area contributed by atoms with E-state index in [2.05, 4.69) is 10.3 Å². The summed E-state index contributed by atoms with van der Waals surface area (Å²) in [6.45, 7) is 0. The summed E-state index contributed by atoms with van der Waals surface area (Å²) in [6, 6.07) is 1.75. The lowest BCUT2D eigenvalue weighted by atomic mass is 9.89. The number of nitrogens with two attached hydrogens (primary N) is 1. The highest BCUT2D eigenvalue weighted by Crippen LogP contribution is 2.26. The number of carboxylic acid groups (broad SMARTS) is 1. The molecule has 6 heteroatoms. The first-order chi connectivity index (χ1) is 8.10. The molecule has 0 aliphatic heterocycles. The molecule has 6 nitrogen and oxygen atoms in total. The lowest BCUT2D eigenvalue weighted by Gasteiger charge is -2.34. The minimum Gasteiger partial charge on any atom is -0.478 e. The fourth-order valence-electron chi connectivity index (χ4n) is 1.82. The van der Waals surface area contributed by atoms with E-state index < -0.39 is 5.97 Å². The zero-order valence-electron chi connectivity index (χ0n) is 9.51. The third-order valence-electron chi connectivity index (χ3n) is 2.95. The number of methoxy groups -OCH3 is 1. The normalized spacial score (nSPS) is 22.9. The van der Waals surface area contributed by atoms with E-state index >= 15 is 0 Å². The number of nitrogens with one attached hydrogen (secondary N) is 1. The summed E-state index contributed by atoms with van der Waals surface area (Å²) in [5, 5.41) is 12.1. The Balaban J connectivity index is 2.02. The maximum absolute atomic E-state index is 10.9. The largest absolute Gasteiger partial charge is 0.478 e. The molecule has 1 aromatic heterocycles. The number of hydrogen-bond donors (Lipinski definition) is 3. The number of carboxylic acids is 1. The van der Waals surface area contributed by atoms with Gasteiger partial charge in [-0.3, -0.25) is 0 Å². The number of hydrogen-bond acceptors (Lipinski definition) is 5. The maximum atomic E-state index is 10.9. The molecule has 0 atom stereocenters. The van der Waals surface area contributed by atoms with Crippen molar-refractivity contribution >= 4 is 17.5 Å². The molecule has 1 aliphatic rings. The van der Waals surface area contributed by atoms with Crippen LogP contribution >= 0.6 is 0 Å². The summed E-state index contributed by atoms with van der Waals surface area (Å²) < 4.78 is 5.16. The number of anilines is 2. The second-order valence-corrected chi connectivity index (χ2v) is 4.13. The van der Waals surface area contributed by atoms with Gasteiger partial charge in [-0.15, -0.1) is 0 Å². The van der Waals surface area contributed by atoms with Crippen molar-refractivity contribution in [3.8, 4) is 0 Å². The third-order valence-corrected chi connectivity index (χ3v) is 2.95. The molecule has 1 aromatic rings. The number of carbonyl (C=O) groups is 1. The Labute approximate surface area is 98.8 Å². The molecule has 1 heterocycles. The van der Waals surface area contributed by atoms with Crippen molar-refractivity contribution in [2.75, 3.05) is 18.2 Å². The molecule has 0 unspecified atom stereocenters.